The zero-order chi connectivity index (χ0) is 24.9. The molecule has 0 aliphatic carbocycles. The van der Waals surface area contributed by atoms with E-state index in [0.29, 0.717) is 22.4 Å². The number of nitrogens with one attached hydrogen (secondary N) is 1. The van der Waals surface area contributed by atoms with Crippen LogP contribution in [0.15, 0.2) is 59.4 Å². The highest BCUT2D eigenvalue weighted by molar-refractivity contribution is 7.15. The Morgan fingerprint density at radius 1 is 1.03 bits per heavy atom. The Bertz CT molecular complexity index is 1410. The molecule has 0 bridgehead atoms. The molecule has 1 amide bonds. The number of rotatable bonds is 9. The maximum atomic E-state index is 13.4. The van der Waals surface area contributed by atoms with Gasteiger partial charge in [-0.1, -0.05) is 74.7 Å². The molecule has 0 unspecified atom stereocenters. The second-order valence-electron chi connectivity index (χ2n) is 9.27. The first-order valence-corrected chi connectivity index (χ1v) is 13.5. The van der Waals surface area contributed by atoms with Gasteiger partial charge in [0.1, 0.15) is 0 Å². The van der Waals surface area contributed by atoms with Gasteiger partial charge in [-0.05, 0) is 18.1 Å². The highest BCUT2D eigenvalue weighted by atomic mass is 32.1. The van der Waals surface area contributed by atoms with E-state index in [9.17, 15) is 9.59 Å². The van der Waals surface area contributed by atoms with Crippen molar-refractivity contribution in [2.45, 2.75) is 58.7 Å². The first-order valence-electron chi connectivity index (χ1n) is 12.7. The smallest absolute Gasteiger partial charge is 0.278 e. The molecule has 36 heavy (non-hydrogen) atoms. The van der Waals surface area contributed by atoms with E-state index in [0.717, 1.165) is 57.4 Å². The first kappa shape index (κ1) is 24.3. The maximum absolute atomic E-state index is 13.4. The minimum absolute atomic E-state index is 0.151. The molecule has 0 radical (unpaired) electrons. The molecule has 2 aromatic heterocycles. The summed E-state index contributed by atoms with van der Waals surface area (Å²) in [5.74, 6) is -0.333. The van der Waals surface area contributed by atoms with Gasteiger partial charge < -0.3 is 0 Å². The third kappa shape index (κ3) is 5.39. The van der Waals surface area contributed by atoms with E-state index in [1.807, 2.05) is 18.2 Å². The molecule has 0 saturated carbocycles. The van der Waals surface area contributed by atoms with Crippen LogP contribution in [-0.4, -0.2) is 32.1 Å². The van der Waals surface area contributed by atoms with Crippen LogP contribution in [0.5, 0.6) is 0 Å². The van der Waals surface area contributed by atoms with Crippen molar-refractivity contribution in [1.29, 1.82) is 0 Å². The predicted octanol–water partition coefficient (Wildman–Crippen LogP) is 5.24. The van der Waals surface area contributed by atoms with Crippen molar-refractivity contribution in [3.8, 4) is 0 Å². The Kier molecular flexibility index (Phi) is 7.53. The van der Waals surface area contributed by atoms with Gasteiger partial charge in [-0.3, -0.25) is 19.8 Å². The standard InChI is InChI=1S/C28H31N5O2S/c1-2-3-4-10-16-33-27(35)22-14-9-8-13-21(22)25(31-33)26(34)30-28-29-23-15-17-32(19-24(23)36-28)18-20-11-6-5-7-12-20/h5-9,11-14H,2-4,10,15-19H2,1H3,(H,29,30,34). The van der Waals surface area contributed by atoms with Gasteiger partial charge in [-0.15, -0.1) is 11.3 Å². The van der Waals surface area contributed by atoms with E-state index in [-0.39, 0.29) is 17.2 Å². The molecule has 4 aromatic rings. The molecule has 0 fully saturated rings. The number of aromatic nitrogens is 3. The summed E-state index contributed by atoms with van der Waals surface area (Å²) in [7, 11) is 0. The summed E-state index contributed by atoms with van der Waals surface area (Å²) in [6.45, 7) is 5.32. The lowest BCUT2D eigenvalue weighted by atomic mass is 10.1. The van der Waals surface area contributed by atoms with E-state index in [4.69, 9.17) is 4.98 Å². The van der Waals surface area contributed by atoms with Crippen LogP contribution in [0.2, 0.25) is 0 Å². The summed E-state index contributed by atoms with van der Waals surface area (Å²) in [5.41, 5.74) is 2.46. The SMILES string of the molecule is CCCCCCn1nc(C(=O)Nc2nc3c(s2)CN(Cc2ccccc2)CC3)c2ccccc2c1=O. The number of hydrogen-bond acceptors (Lipinski definition) is 6. The lowest BCUT2D eigenvalue weighted by Gasteiger charge is -2.25. The van der Waals surface area contributed by atoms with E-state index < -0.39 is 0 Å². The molecule has 3 heterocycles. The molecule has 5 rings (SSSR count). The molecule has 1 N–H and O–H groups in total. The number of carbonyl (C=O) groups is 1. The van der Waals surface area contributed by atoms with Gasteiger partial charge in [-0.25, -0.2) is 9.67 Å². The summed E-state index contributed by atoms with van der Waals surface area (Å²) < 4.78 is 1.45. The number of hydrogen-bond donors (Lipinski definition) is 1. The Morgan fingerprint density at radius 3 is 2.61 bits per heavy atom. The van der Waals surface area contributed by atoms with Crippen LogP contribution >= 0.6 is 11.3 Å². The Morgan fingerprint density at radius 2 is 1.81 bits per heavy atom. The number of nitrogens with zero attached hydrogens (tertiary/aromatic N) is 4. The fraction of sp³-hybridized carbons (Fsp3) is 0.357. The quantitative estimate of drug-likeness (QED) is 0.317. The van der Waals surface area contributed by atoms with Gasteiger partial charge in [0.15, 0.2) is 10.8 Å². The number of benzene rings is 2. The van der Waals surface area contributed by atoms with Crippen LogP contribution < -0.4 is 10.9 Å². The van der Waals surface area contributed by atoms with Crippen molar-refractivity contribution in [2.75, 3.05) is 11.9 Å². The second kappa shape index (κ2) is 11.1. The van der Waals surface area contributed by atoms with Gasteiger partial charge in [0, 0.05) is 42.9 Å². The fourth-order valence-corrected chi connectivity index (χ4v) is 5.72. The Hall–Kier alpha value is -3.36. The minimum atomic E-state index is -0.333. The maximum Gasteiger partial charge on any atom is 0.278 e. The van der Waals surface area contributed by atoms with Crippen LogP contribution in [-0.2, 0) is 26.1 Å². The van der Waals surface area contributed by atoms with Crippen molar-refractivity contribution < 1.29 is 4.79 Å². The molecule has 2 aromatic carbocycles. The molecule has 186 valence electrons. The van der Waals surface area contributed by atoms with E-state index in [2.05, 4.69) is 46.5 Å². The number of fused-ring (bicyclic) bond motifs is 2. The van der Waals surface area contributed by atoms with Crippen molar-refractivity contribution in [1.82, 2.24) is 19.7 Å². The monoisotopic (exact) mass is 501 g/mol. The van der Waals surface area contributed by atoms with Crippen LogP contribution in [0.3, 0.4) is 0 Å². The summed E-state index contributed by atoms with van der Waals surface area (Å²) in [4.78, 5) is 34.6. The number of unbranched alkanes of at least 4 members (excludes halogenated alkanes) is 3. The molecule has 0 saturated heterocycles. The number of aryl methyl sites for hydroxylation is 1. The zero-order valence-electron chi connectivity index (χ0n) is 20.6. The summed E-state index contributed by atoms with van der Waals surface area (Å²) in [6, 6.07) is 17.7. The minimum Gasteiger partial charge on any atom is -0.296 e. The Balaban J connectivity index is 1.34. The third-order valence-corrected chi connectivity index (χ3v) is 7.58. The van der Waals surface area contributed by atoms with Crippen LogP contribution in [0.4, 0.5) is 5.13 Å². The van der Waals surface area contributed by atoms with Crippen molar-refractivity contribution in [2.24, 2.45) is 0 Å². The average molecular weight is 502 g/mol. The molecular formula is C28H31N5O2S. The highest BCUT2D eigenvalue weighted by Crippen LogP contribution is 2.29. The van der Waals surface area contributed by atoms with Gasteiger partial charge in [0.05, 0.1) is 11.1 Å². The Labute approximate surface area is 214 Å². The molecule has 1 aliphatic heterocycles. The summed E-state index contributed by atoms with van der Waals surface area (Å²) >= 11 is 1.52. The fourth-order valence-electron chi connectivity index (χ4n) is 4.68. The van der Waals surface area contributed by atoms with Gasteiger partial charge in [-0.2, -0.15) is 5.10 Å². The lowest BCUT2D eigenvalue weighted by Crippen LogP contribution is -2.29. The van der Waals surface area contributed by atoms with Gasteiger partial charge >= 0.3 is 0 Å². The van der Waals surface area contributed by atoms with Gasteiger partial charge in [0.2, 0.25) is 0 Å². The van der Waals surface area contributed by atoms with Gasteiger partial charge in [0.25, 0.3) is 11.5 Å². The molecule has 7 nitrogen and oxygen atoms in total. The van der Waals surface area contributed by atoms with E-state index in [1.54, 1.807) is 12.1 Å². The average Bonchev–Trinajstić information content (AvgIpc) is 3.30. The lowest BCUT2D eigenvalue weighted by molar-refractivity contribution is 0.102. The van der Waals surface area contributed by atoms with Crippen molar-refractivity contribution >= 4 is 33.1 Å². The number of thiazole rings is 1. The molecular weight excluding hydrogens is 470 g/mol. The highest BCUT2D eigenvalue weighted by Gasteiger charge is 2.23. The van der Waals surface area contributed by atoms with Crippen LogP contribution in [0, 0.1) is 0 Å². The normalized spacial score (nSPS) is 13.6. The van der Waals surface area contributed by atoms with Crippen molar-refractivity contribution in [3.63, 3.8) is 0 Å². The molecule has 0 atom stereocenters. The number of amides is 1. The van der Waals surface area contributed by atoms with Crippen molar-refractivity contribution in [3.05, 3.63) is 86.8 Å². The van der Waals surface area contributed by atoms with Crippen LogP contribution in [0.1, 0.15) is 59.2 Å². The predicted molar refractivity (Wildman–Crippen MR) is 144 cm³/mol. The van der Waals surface area contributed by atoms with Crippen LogP contribution in [0.25, 0.3) is 10.8 Å². The number of anilines is 1. The molecule has 0 spiro atoms. The zero-order valence-corrected chi connectivity index (χ0v) is 21.4. The largest absolute Gasteiger partial charge is 0.296 e. The van der Waals surface area contributed by atoms with E-state index in [1.165, 1.54) is 26.5 Å². The molecule has 1 aliphatic rings. The molecule has 8 heteroatoms. The second-order valence-corrected chi connectivity index (χ2v) is 10.4. The third-order valence-electron chi connectivity index (χ3n) is 6.59. The first-order chi connectivity index (χ1) is 17.6. The number of carbonyl (C=O) groups excluding carboxylic acids is 1. The summed E-state index contributed by atoms with van der Waals surface area (Å²) in [5, 5.41) is 9.13. The van der Waals surface area contributed by atoms with E-state index >= 15 is 0 Å². The summed E-state index contributed by atoms with van der Waals surface area (Å²) in [6.07, 6.45) is 4.99. The topological polar surface area (TPSA) is 80.1 Å².